The molecule has 2 unspecified atom stereocenters. The van der Waals surface area contributed by atoms with Crippen LogP contribution in [0.1, 0.15) is 46.0 Å². The molecule has 0 aromatic carbocycles. The zero-order chi connectivity index (χ0) is 10.4. The molecule has 2 nitrogen and oxygen atoms in total. The number of ether oxygens (including phenoxy) is 1. The Morgan fingerprint density at radius 2 is 2.14 bits per heavy atom. The van der Waals surface area contributed by atoms with E-state index < -0.39 is 0 Å². The van der Waals surface area contributed by atoms with Gasteiger partial charge in [0.25, 0.3) is 0 Å². The Morgan fingerprint density at radius 1 is 1.43 bits per heavy atom. The molecule has 0 aromatic rings. The van der Waals surface area contributed by atoms with Crippen molar-refractivity contribution >= 4 is 0 Å². The van der Waals surface area contributed by atoms with Crippen molar-refractivity contribution < 1.29 is 4.74 Å². The number of rotatable bonds is 7. The van der Waals surface area contributed by atoms with Crippen LogP contribution in [0.2, 0.25) is 0 Å². The lowest BCUT2D eigenvalue weighted by molar-refractivity contribution is 0.0857. The van der Waals surface area contributed by atoms with Crippen LogP contribution in [0.3, 0.4) is 0 Å². The molecule has 0 spiro atoms. The van der Waals surface area contributed by atoms with Gasteiger partial charge in [0.2, 0.25) is 0 Å². The van der Waals surface area contributed by atoms with Crippen molar-refractivity contribution in [3.8, 4) is 0 Å². The van der Waals surface area contributed by atoms with Gasteiger partial charge in [-0.15, -0.1) is 0 Å². The maximum Gasteiger partial charge on any atom is 0.0620 e. The van der Waals surface area contributed by atoms with Gasteiger partial charge in [-0.2, -0.15) is 0 Å². The molecule has 1 fully saturated rings. The van der Waals surface area contributed by atoms with E-state index in [1.54, 1.807) is 0 Å². The third-order valence-electron chi connectivity index (χ3n) is 3.58. The minimum absolute atomic E-state index is 0.224. The van der Waals surface area contributed by atoms with E-state index in [-0.39, 0.29) is 6.04 Å². The van der Waals surface area contributed by atoms with Gasteiger partial charge in [-0.3, -0.25) is 0 Å². The van der Waals surface area contributed by atoms with E-state index in [9.17, 15) is 0 Å². The van der Waals surface area contributed by atoms with E-state index in [2.05, 4.69) is 13.8 Å². The molecule has 0 bridgehead atoms. The van der Waals surface area contributed by atoms with Gasteiger partial charge in [0.05, 0.1) is 6.61 Å². The monoisotopic (exact) mass is 199 g/mol. The zero-order valence-corrected chi connectivity index (χ0v) is 9.67. The molecule has 0 heterocycles. The van der Waals surface area contributed by atoms with Crippen LogP contribution in [-0.2, 0) is 4.74 Å². The Labute approximate surface area is 88.2 Å². The highest BCUT2D eigenvalue weighted by molar-refractivity contribution is 4.70. The summed E-state index contributed by atoms with van der Waals surface area (Å²) < 4.78 is 5.60. The molecule has 2 atom stereocenters. The highest BCUT2D eigenvalue weighted by Gasteiger charge is 2.17. The Hall–Kier alpha value is -0.0800. The van der Waals surface area contributed by atoms with Gasteiger partial charge >= 0.3 is 0 Å². The summed E-state index contributed by atoms with van der Waals surface area (Å²) in [6.07, 6.45) is 6.65. The molecule has 0 saturated heterocycles. The Kier molecular flexibility index (Phi) is 5.49. The van der Waals surface area contributed by atoms with E-state index in [0.29, 0.717) is 5.92 Å². The molecule has 0 aliphatic heterocycles. The first-order valence-corrected chi connectivity index (χ1v) is 6.07. The van der Waals surface area contributed by atoms with E-state index in [1.165, 1.54) is 25.7 Å². The molecule has 84 valence electrons. The highest BCUT2D eigenvalue weighted by Crippen LogP contribution is 2.29. The maximum atomic E-state index is 5.97. The van der Waals surface area contributed by atoms with Crippen LogP contribution in [0.4, 0.5) is 0 Å². The molecular weight excluding hydrogens is 174 g/mol. The second-order valence-corrected chi connectivity index (χ2v) is 4.71. The van der Waals surface area contributed by atoms with Gasteiger partial charge in [-0.25, -0.2) is 0 Å². The summed E-state index contributed by atoms with van der Waals surface area (Å²) in [5.41, 5.74) is 5.97. The average Bonchev–Trinajstić information content (AvgIpc) is 2.13. The fourth-order valence-electron chi connectivity index (χ4n) is 1.72. The number of hydrogen-bond donors (Lipinski definition) is 1. The van der Waals surface area contributed by atoms with Crippen molar-refractivity contribution in [1.29, 1.82) is 0 Å². The zero-order valence-electron chi connectivity index (χ0n) is 9.67. The van der Waals surface area contributed by atoms with E-state index in [1.807, 2.05) is 0 Å². The third-order valence-corrected chi connectivity index (χ3v) is 3.58. The quantitative estimate of drug-likeness (QED) is 0.640. The normalized spacial score (nSPS) is 21.6. The summed E-state index contributed by atoms with van der Waals surface area (Å²) >= 11 is 0. The summed E-state index contributed by atoms with van der Waals surface area (Å²) in [5.74, 6) is 1.54. The van der Waals surface area contributed by atoms with Crippen LogP contribution in [-0.4, -0.2) is 19.3 Å². The predicted octanol–water partition coefficient (Wildman–Crippen LogP) is 2.57. The summed E-state index contributed by atoms with van der Waals surface area (Å²) in [6, 6.07) is 0.224. The Morgan fingerprint density at radius 3 is 2.64 bits per heavy atom. The van der Waals surface area contributed by atoms with Crippen molar-refractivity contribution in [2.24, 2.45) is 17.6 Å². The van der Waals surface area contributed by atoms with Crippen LogP contribution in [0, 0.1) is 11.8 Å². The lowest BCUT2D eigenvalue weighted by atomic mass is 9.83. The van der Waals surface area contributed by atoms with Crippen molar-refractivity contribution in [3.05, 3.63) is 0 Å². The van der Waals surface area contributed by atoms with E-state index in [0.717, 1.165) is 25.6 Å². The summed E-state index contributed by atoms with van der Waals surface area (Å²) in [4.78, 5) is 0. The van der Waals surface area contributed by atoms with Gasteiger partial charge in [-0.1, -0.05) is 39.5 Å². The average molecular weight is 199 g/mol. The Balaban J connectivity index is 1.91. The smallest absolute Gasteiger partial charge is 0.0620 e. The topological polar surface area (TPSA) is 35.2 Å². The predicted molar refractivity (Wildman–Crippen MR) is 60.2 cm³/mol. The summed E-state index contributed by atoms with van der Waals surface area (Å²) in [7, 11) is 0. The van der Waals surface area contributed by atoms with Gasteiger partial charge in [0, 0.05) is 12.6 Å². The minimum Gasteiger partial charge on any atom is -0.380 e. The van der Waals surface area contributed by atoms with Crippen molar-refractivity contribution in [2.45, 2.75) is 52.0 Å². The van der Waals surface area contributed by atoms with Gasteiger partial charge in [0.15, 0.2) is 0 Å². The van der Waals surface area contributed by atoms with Crippen LogP contribution in [0.25, 0.3) is 0 Å². The van der Waals surface area contributed by atoms with Crippen LogP contribution in [0.5, 0.6) is 0 Å². The first-order chi connectivity index (χ1) is 6.74. The number of nitrogens with two attached hydrogens (primary N) is 1. The Bertz CT molecular complexity index is 145. The van der Waals surface area contributed by atoms with Crippen molar-refractivity contribution in [3.63, 3.8) is 0 Å². The first-order valence-electron chi connectivity index (χ1n) is 6.07. The van der Waals surface area contributed by atoms with Gasteiger partial charge < -0.3 is 10.5 Å². The highest BCUT2D eigenvalue weighted by atomic mass is 16.5. The molecule has 1 saturated carbocycles. The minimum atomic E-state index is 0.224. The molecule has 0 aromatic heterocycles. The van der Waals surface area contributed by atoms with E-state index >= 15 is 0 Å². The van der Waals surface area contributed by atoms with Crippen molar-refractivity contribution in [1.82, 2.24) is 0 Å². The molecule has 1 rings (SSSR count). The fraction of sp³-hybridized carbons (Fsp3) is 1.00. The second-order valence-electron chi connectivity index (χ2n) is 4.71. The molecule has 0 amide bonds. The molecule has 2 heteroatoms. The summed E-state index contributed by atoms with van der Waals surface area (Å²) in [6.45, 7) is 6.02. The molecule has 2 N–H and O–H groups in total. The number of hydrogen-bond acceptors (Lipinski definition) is 2. The van der Waals surface area contributed by atoms with Crippen LogP contribution in [0.15, 0.2) is 0 Å². The largest absolute Gasteiger partial charge is 0.380 e. The molecule has 14 heavy (non-hydrogen) atoms. The van der Waals surface area contributed by atoms with Gasteiger partial charge in [0.1, 0.15) is 0 Å². The molecule has 1 aliphatic rings. The van der Waals surface area contributed by atoms with E-state index in [4.69, 9.17) is 10.5 Å². The maximum absolute atomic E-state index is 5.97. The standard InChI is InChI=1S/C12H25NO/c1-3-10(2)12(13)9-14-8-7-11-5-4-6-11/h10-12H,3-9,13H2,1-2H3. The SMILES string of the molecule is CCC(C)C(N)COCCC1CCC1. The van der Waals surface area contributed by atoms with Crippen LogP contribution >= 0.6 is 0 Å². The first kappa shape index (κ1) is 12.0. The van der Waals surface area contributed by atoms with Crippen molar-refractivity contribution in [2.75, 3.05) is 13.2 Å². The molecule has 1 aliphatic carbocycles. The van der Waals surface area contributed by atoms with Gasteiger partial charge in [-0.05, 0) is 18.3 Å². The third kappa shape index (κ3) is 3.97. The summed E-state index contributed by atoms with van der Waals surface area (Å²) in [5, 5.41) is 0. The lowest BCUT2D eigenvalue weighted by Gasteiger charge is -2.25. The fourth-order valence-corrected chi connectivity index (χ4v) is 1.72. The molecular formula is C12H25NO. The molecule has 0 radical (unpaired) electrons. The lowest BCUT2D eigenvalue weighted by Crippen LogP contribution is -2.33. The van der Waals surface area contributed by atoms with Crippen LogP contribution < -0.4 is 5.73 Å². The second kappa shape index (κ2) is 6.41.